The summed E-state index contributed by atoms with van der Waals surface area (Å²) in [4.78, 5) is 0. The molecule has 0 aliphatic carbocycles. The van der Waals surface area contributed by atoms with Crippen LogP contribution in [0.5, 0.6) is 0 Å². The number of benzene rings is 1. The molecule has 0 atom stereocenters. The second-order valence-electron chi connectivity index (χ2n) is 3.36. The van der Waals surface area contributed by atoms with Gasteiger partial charge in [0.2, 0.25) is 0 Å². The van der Waals surface area contributed by atoms with Crippen LogP contribution in [0.3, 0.4) is 0 Å². The summed E-state index contributed by atoms with van der Waals surface area (Å²) < 4.78 is 1.66. The van der Waals surface area contributed by atoms with Gasteiger partial charge in [0, 0.05) is 13.1 Å². The van der Waals surface area contributed by atoms with E-state index in [0.29, 0.717) is 5.82 Å². The highest BCUT2D eigenvalue weighted by Gasteiger charge is 1.96. The Hall–Kier alpha value is -2.03. The third-order valence-electron chi connectivity index (χ3n) is 2.18. The van der Waals surface area contributed by atoms with Gasteiger partial charge in [-0.3, -0.25) is 4.68 Å². The van der Waals surface area contributed by atoms with Crippen LogP contribution in [-0.2, 0) is 7.05 Å². The number of nitrogen functional groups attached to an aromatic ring is 1. The number of rotatable bonds is 2. The summed E-state index contributed by atoms with van der Waals surface area (Å²) in [6.07, 6.45) is 3.97. The molecule has 0 unspecified atom stereocenters. The molecule has 1 aromatic heterocycles. The predicted molar refractivity (Wildman–Crippen MR) is 63.0 cm³/mol. The zero-order valence-corrected chi connectivity index (χ0v) is 8.59. The highest BCUT2D eigenvalue weighted by molar-refractivity contribution is 5.68. The molecule has 15 heavy (non-hydrogen) atoms. The minimum atomic E-state index is 0.669. The average molecular weight is 199 g/mol. The van der Waals surface area contributed by atoms with Crippen LogP contribution in [0, 0.1) is 0 Å². The molecule has 3 heteroatoms. The number of hydrogen-bond acceptors (Lipinski definition) is 2. The van der Waals surface area contributed by atoms with E-state index in [1.807, 2.05) is 55.6 Å². The number of aromatic nitrogens is 2. The van der Waals surface area contributed by atoms with Crippen molar-refractivity contribution >= 4 is 18.0 Å². The second-order valence-corrected chi connectivity index (χ2v) is 3.36. The van der Waals surface area contributed by atoms with Gasteiger partial charge in [-0.2, -0.15) is 5.10 Å². The van der Waals surface area contributed by atoms with Crippen LogP contribution in [-0.4, -0.2) is 9.78 Å². The quantitative estimate of drug-likeness (QED) is 0.805. The molecule has 2 N–H and O–H groups in total. The highest BCUT2D eigenvalue weighted by Crippen LogP contribution is 2.09. The van der Waals surface area contributed by atoms with E-state index in [0.717, 1.165) is 11.3 Å². The molecule has 0 amide bonds. The smallest absolute Gasteiger partial charge is 0.121 e. The summed E-state index contributed by atoms with van der Waals surface area (Å²) in [6, 6.07) is 11.9. The Labute approximate surface area is 88.8 Å². The molecule has 1 aromatic carbocycles. The maximum Gasteiger partial charge on any atom is 0.121 e. The van der Waals surface area contributed by atoms with E-state index in [9.17, 15) is 0 Å². The van der Waals surface area contributed by atoms with E-state index in [-0.39, 0.29) is 0 Å². The van der Waals surface area contributed by atoms with Crippen LogP contribution >= 0.6 is 0 Å². The van der Waals surface area contributed by atoms with E-state index in [2.05, 4.69) is 5.10 Å². The molecular formula is C12H13N3. The lowest BCUT2D eigenvalue weighted by Crippen LogP contribution is -1.96. The van der Waals surface area contributed by atoms with Gasteiger partial charge in [-0.1, -0.05) is 36.4 Å². The Bertz CT molecular complexity index is 449. The predicted octanol–water partition coefficient (Wildman–Crippen LogP) is 2.17. The first-order chi connectivity index (χ1) is 7.25. The van der Waals surface area contributed by atoms with Crippen molar-refractivity contribution in [3.05, 3.63) is 47.7 Å². The van der Waals surface area contributed by atoms with E-state index >= 15 is 0 Å². The van der Waals surface area contributed by atoms with Crippen molar-refractivity contribution in [2.45, 2.75) is 0 Å². The first-order valence-electron chi connectivity index (χ1n) is 4.78. The number of hydrogen-bond donors (Lipinski definition) is 1. The van der Waals surface area contributed by atoms with Gasteiger partial charge >= 0.3 is 0 Å². The Morgan fingerprint density at radius 2 is 1.93 bits per heavy atom. The Kier molecular flexibility index (Phi) is 2.54. The summed E-state index contributed by atoms with van der Waals surface area (Å²) in [5.41, 5.74) is 7.70. The van der Waals surface area contributed by atoms with Crippen molar-refractivity contribution in [2.24, 2.45) is 7.05 Å². The third-order valence-corrected chi connectivity index (χ3v) is 2.18. The molecule has 0 spiro atoms. The molecule has 0 aliphatic rings. The highest BCUT2D eigenvalue weighted by atomic mass is 15.3. The van der Waals surface area contributed by atoms with Gasteiger partial charge in [0.15, 0.2) is 0 Å². The fourth-order valence-corrected chi connectivity index (χ4v) is 1.33. The van der Waals surface area contributed by atoms with Crippen LogP contribution in [0.1, 0.15) is 11.3 Å². The van der Waals surface area contributed by atoms with Crippen LogP contribution in [0.4, 0.5) is 5.82 Å². The minimum Gasteiger partial charge on any atom is -0.384 e. The molecule has 2 rings (SSSR count). The average Bonchev–Trinajstić information content (AvgIpc) is 2.57. The second kappa shape index (κ2) is 4.00. The summed E-state index contributed by atoms with van der Waals surface area (Å²) in [6.45, 7) is 0. The Morgan fingerprint density at radius 3 is 2.53 bits per heavy atom. The van der Waals surface area contributed by atoms with Crippen LogP contribution in [0.15, 0.2) is 36.4 Å². The maximum atomic E-state index is 5.68. The van der Waals surface area contributed by atoms with Gasteiger partial charge in [0.05, 0.1) is 5.69 Å². The van der Waals surface area contributed by atoms with Gasteiger partial charge in [-0.15, -0.1) is 0 Å². The summed E-state index contributed by atoms with van der Waals surface area (Å²) in [7, 11) is 1.83. The van der Waals surface area contributed by atoms with Crippen molar-refractivity contribution in [1.29, 1.82) is 0 Å². The van der Waals surface area contributed by atoms with E-state index < -0.39 is 0 Å². The topological polar surface area (TPSA) is 43.8 Å². The molecule has 1 heterocycles. The molecule has 3 nitrogen and oxygen atoms in total. The summed E-state index contributed by atoms with van der Waals surface area (Å²) >= 11 is 0. The number of anilines is 1. The lowest BCUT2D eigenvalue weighted by molar-refractivity contribution is 0.776. The third kappa shape index (κ3) is 2.26. The molecule has 0 aliphatic heterocycles. The maximum absolute atomic E-state index is 5.68. The minimum absolute atomic E-state index is 0.669. The van der Waals surface area contributed by atoms with Gasteiger partial charge in [-0.05, 0) is 11.6 Å². The van der Waals surface area contributed by atoms with Crippen molar-refractivity contribution in [3.8, 4) is 0 Å². The molecule has 0 bridgehead atoms. The largest absolute Gasteiger partial charge is 0.384 e. The van der Waals surface area contributed by atoms with Gasteiger partial charge in [-0.25, -0.2) is 0 Å². The Morgan fingerprint density at radius 1 is 1.20 bits per heavy atom. The first kappa shape index (κ1) is 9.52. The lowest BCUT2D eigenvalue weighted by Gasteiger charge is -1.90. The van der Waals surface area contributed by atoms with Gasteiger partial charge in [0.25, 0.3) is 0 Å². The van der Waals surface area contributed by atoms with Gasteiger partial charge < -0.3 is 5.73 Å². The molecule has 0 fully saturated rings. The number of aryl methyl sites for hydroxylation is 1. The fraction of sp³-hybridized carbons (Fsp3) is 0.0833. The van der Waals surface area contributed by atoms with Crippen molar-refractivity contribution < 1.29 is 0 Å². The Balaban J connectivity index is 2.19. The fourth-order valence-electron chi connectivity index (χ4n) is 1.33. The molecule has 2 aromatic rings. The number of nitrogens with two attached hydrogens (primary N) is 1. The molecule has 0 radical (unpaired) electrons. The molecule has 0 saturated carbocycles. The zero-order chi connectivity index (χ0) is 10.7. The van der Waals surface area contributed by atoms with Gasteiger partial charge in [0.1, 0.15) is 5.82 Å². The van der Waals surface area contributed by atoms with Crippen LogP contribution < -0.4 is 5.73 Å². The van der Waals surface area contributed by atoms with E-state index in [1.54, 1.807) is 4.68 Å². The molecule has 0 saturated heterocycles. The van der Waals surface area contributed by atoms with Crippen LogP contribution in [0.25, 0.3) is 12.2 Å². The standard InChI is InChI=1S/C12H13N3/c1-15-12(13)9-11(14-15)8-7-10-5-3-2-4-6-10/h2-9H,13H2,1H3/b8-7+. The molecular weight excluding hydrogens is 186 g/mol. The lowest BCUT2D eigenvalue weighted by atomic mass is 10.2. The monoisotopic (exact) mass is 199 g/mol. The number of nitrogens with zero attached hydrogens (tertiary/aromatic N) is 2. The zero-order valence-electron chi connectivity index (χ0n) is 8.59. The van der Waals surface area contributed by atoms with Crippen molar-refractivity contribution in [3.63, 3.8) is 0 Å². The molecule has 76 valence electrons. The van der Waals surface area contributed by atoms with Crippen molar-refractivity contribution in [2.75, 3.05) is 5.73 Å². The van der Waals surface area contributed by atoms with E-state index in [4.69, 9.17) is 5.73 Å². The first-order valence-corrected chi connectivity index (χ1v) is 4.78. The van der Waals surface area contributed by atoms with Crippen molar-refractivity contribution in [1.82, 2.24) is 9.78 Å². The van der Waals surface area contributed by atoms with Crippen LogP contribution in [0.2, 0.25) is 0 Å². The normalized spacial score (nSPS) is 11.0. The SMILES string of the molecule is Cn1nc(/C=C/c2ccccc2)cc1N. The van der Waals surface area contributed by atoms with E-state index in [1.165, 1.54) is 0 Å². The summed E-state index contributed by atoms with van der Waals surface area (Å²) in [5, 5.41) is 4.23. The summed E-state index contributed by atoms with van der Waals surface area (Å²) in [5.74, 6) is 0.669.